The number of H-pyrrole nitrogens is 1. The zero-order valence-electron chi connectivity index (χ0n) is 23.4. The molecular weight excluding hydrogens is 531 g/mol. The second kappa shape index (κ2) is 11.5. The minimum atomic E-state index is -1.53. The van der Waals surface area contributed by atoms with Crippen LogP contribution in [0.15, 0.2) is 42.5 Å². The molecule has 9 heteroatoms. The monoisotopic (exact) mass is 568 g/mol. The van der Waals surface area contributed by atoms with Crippen LogP contribution in [-0.2, 0) is 26.2 Å². The van der Waals surface area contributed by atoms with Gasteiger partial charge in [0, 0.05) is 30.5 Å². The van der Waals surface area contributed by atoms with Crippen LogP contribution < -0.4 is 10.6 Å². The summed E-state index contributed by atoms with van der Waals surface area (Å²) in [5.74, 6) is -0.0276. The average Bonchev–Trinajstić information content (AvgIpc) is 3.53. The first kappa shape index (κ1) is 28.6. The highest BCUT2D eigenvalue weighted by molar-refractivity contribution is 6.31. The second-order valence-electron chi connectivity index (χ2n) is 11.7. The molecule has 40 heavy (non-hydrogen) atoms. The number of likely N-dealkylation sites (N-methyl/N-ethyl adjacent to an activating group) is 1. The van der Waals surface area contributed by atoms with Gasteiger partial charge in [0.15, 0.2) is 0 Å². The van der Waals surface area contributed by atoms with E-state index in [4.69, 9.17) is 21.3 Å². The minimum Gasteiger partial charge on any atom is -0.380 e. The fraction of sp³-hybridized carbons (Fsp3) is 0.516. The van der Waals surface area contributed by atoms with Crippen molar-refractivity contribution in [2.24, 2.45) is 5.92 Å². The van der Waals surface area contributed by atoms with E-state index in [0.29, 0.717) is 36.8 Å². The highest BCUT2D eigenvalue weighted by Gasteiger charge is 2.46. The first-order valence-corrected chi connectivity index (χ1v) is 14.6. The lowest BCUT2D eigenvalue weighted by Crippen LogP contribution is -2.57. The number of hydrogen-bond acceptors (Lipinski definition) is 4. The van der Waals surface area contributed by atoms with Gasteiger partial charge in [0.05, 0.1) is 23.1 Å². The molecule has 7 nitrogen and oxygen atoms in total. The average molecular weight is 569 g/mol. The van der Waals surface area contributed by atoms with Crippen molar-refractivity contribution in [1.82, 2.24) is 20.6 Å². The normalized spacial score (nSPS) is 21.1. The molecule has 2 heterocycles. The number of ether oxygens (including phenoxy) is 1. The Hall–Kier alpha value is -2.97. The number of nitrogens with zero attached hydrogens (tertiary/aromatic N) is 1. The minimum absolute atomic E-state index is 0.132. The SMILES string of the molecule is CCNC(=O)[C@H](NC(=O)C1(c2ccc3nc(CC(c4ccccc4Cl)C(C)(C)F)[nH]c3c2)CCOC1)C1CCC1. The molecule has 1 aromatic heterocycles. The molecule has 3 N–H and O–H groups in total. The van der Waals surface area contributed by atoms with Crippen LogP contribution in [-0.4, -0.2) is 53.3 Å². The van der Waals surface area contributed by atoms with Crippen molar-refractivity contribution in [1.29, 1.82) is 0 Å². The number of benzene rings is 2. The van der Waals surface area contributed by atoms with Gasteiger partial charge < -0.3 is 20.4 Å². The molecule has 0 bridgehead atoms. The maximum Gasteiger partial charge on any atom is 0.242 e. The number of aromatic nitrogens is 2. The van der Waals surface area contributed by atoms with Crippen molar-refractivity contribution in [3.8, 4) is 0 Å². The standard InChI is InChI=1S/C31H38ClFN4O3/c1-4-34-28(38)27(19-8-7-9-19)37-29(39)31(14-15-40-18-31)20-12-13-24-25(16-20)36-26(35-24)17-22(30(2,3)33)21-10-5-6-11-23(21)32/h5-6,10-13,16,19,22,27H,4,7-9,14-15,17-18H2,1-3H3,(H,34,38)(H,35,36)(H,37,39)/t22?,27-,31?/m1/s1. The molecule has 0 spiro atoms. The van der Waals surface area contributed by atoms with Gasteiger partial charge in [-0.1, -0.05) is 42.3 Å². The van der Waals surface area contributed by atoms with Gasteiger partial charge in [0.25, 0.3) is 0 Å². The molecule has 2 aromatic carbocycles. The Morgan fingerprint density at radius 3 is 2.65 bits per heavy atom. The van der Waals surface area contributed by atoms with Gasteiger partial charge in [-0.25, -0.2) is 9.37 Å². The van der Waals surface area contributed by atoms with Crippen LogP contribution in [0.2, 0.25) is 5.02 Å². The van der Waals surface area contributed by atoms with Crippen LogP contribution in [0.25, 0.3) is 11.0 Å². The molecule has 1 saturated carbocycles. The molecule has 0 radical (unpaired) electrons. The number of carbonyl (C=O) groups is 2. The number of amides is 2. The smallest absolute Gasteiger partial charge is 0.242 e. The molecule has 2 unspecified atom stereocenters. The highest BCUT2D eigenvalue weighted by atomic mass is 35.5. The molecule has 3 atom stereocenters. The number of carbonyl (C=O) groups excluding carboxylic acids is 2. The third kappa shape index (κ3) is 5.61. The first-order chi connectivity index (χ1) is 19.1. The van der Waals surface area contributed by atoms with Crippen LogP contribution in [0.4, 0.5) is 4.39 Å². The van der Waals surface area contributed by atoms with Crippen molar-refractivity contribution < 1.29 is 18.7 Å². The summed E-state index contributed by atoms with van der Waals surface area (Å²) >= 11 is 6.44. The zero-order chi connectivity index (χ0) is 28.5. The number of alkyl halides is 1. The Labute approximate surface area is 239 Å². The zero-order valence-corrected chi connectivity index (χ0v) is 24.1. The Bertz CT molecular complexity index is 1370. The van der Waals surface area contributed by atoms with Crippen molar-refractivity contribution in [2.45, 2.75) is 75.9 Å². The van der Waals surface area contributed by atoms with E-state index < -0.39 is 23.0 Å². The third-order valence-corrected chi connectivity index (χ3v) is 8.93. The summed E-state index contributed by atoms with van der Waals surface area (Å²) in [5, 5.41) is 6.50. The number of nitrogens with one attached hydrogen (secondary N) is 3. The lowest BCUT2D eigenvalue weighted by molar-refractivity contribution is -0.134. The topological polar surface area (TPSA) is 96.1 Å². The fourth-order valence-electron chi connectivity index (χ4n) is 5.97. The van der Waals surface area contributed by atoms with Crippen molar-refractivity contribution in [3.63, 3.8) is 0 Å². The lowest BCUT2D eigenvalue weighted by Gasteiger charge is -2.36. The number of hydrogen-bond donors (Lipinski definition) is 3. The maximum absolute atomic E-state index is 15.4. The van der Waals surface area contributed by atoms with E-state index in [1.807, 2.05) is 43.3 Å². The quantitative estimate of drug-likeness (QED) is 0.306. The summed E-state index contributed by atoms with van der Waals surface area (Å²) < 4.78 is 21.1. The summed E-state index contributed by atoms with van der Waals surface area (Å²) in [4.78, 5) is 34.8. The van der Waals surface area contributed by atoms with E-state index in [0.717, 1.165) is 41.4 Å². The predicted octanol–water partition coefficient (Wildman–Crippen LogP) is 5.37. The Kier molecular flexibility index (Phi) is 8.20. The lowest BCUT2D eigenvalue weighted by atomic mass is 9.76. The summed E-state index contributed by atoms with van der Waals surface area (Å²) in [7, 11) is 0. The molecule has 1 aliphatic heterocycles. The predicted molar refractivity (Wildman–Crippen MR) is 154 cm³/mol. The van der Waals surface area contributed by atoms with Gasteiger partial charge in [-0.05, 0) is 75.3 Å². The summed E-state index contributed by atoms with van der Waals surface area (Å²) in [6.45, 7) is 6.21. The summed E-state index contributed by atoms with van der Waals surface area (Å²) in [5.41, 5.74) is 0.610. The number of halogens is 2. The molecular formula is C31H38ClFN4O3. The highest BCUT2D eigenvalue weighted by Crippen LogP contribution is 2.39. The van der Waals surface area contributed by atoms with Gasteiger partial charge in [-0.3, -0.25) is 9.59 Å². The van der Waals surface area contributed by atoms with Gasteiger partial charge in [0.2, 0.25) is 11.8 Å². The van der Waals surface area contributed by atoms with Gasteiger partial charge >= 0.3 is 0 Å². The number of aromatic amines is 1. The fourth-order valence-corrected chi connectivity index (χ4v) is 6.23. The van der Waals surface area contributed by atoms with Crippen LogP contribution >= 0.6 is 11.6 Å². The molecule has 3 aromatic rings. The van der Waals surface area contributed by atoms with E-state index in [2.05, 4.69) is 15.6 Å². The number of fused-ring (bicyclic) bond motifs is 1. The van der Waals surface area contributed by atoms with Crippen LogP contribution in [0.5, 0.6) is 0 Å². The van der Waals surface area contributed by atoms with Crippen molar-refractivity contribution >= 4 is 34.4 Å². The Morgan fingerprint density at radius 2 is 2.02 bits per heavy atom. The van der Waals surface area contributed by atoms with Crippen LogP contribution in [0.1, 0.15) is 69.3 Å². The Morgan fingerprint density at radius 1 is 1.25 bits per heavy atom. The number of rotatable bonds is 10. The van der Waals surface area contributed by atoms with E-state index in [9.17, 15) is 9.59 Å². The molecule has 1 aliphatic carbocycles. The molecule has 2 aliphatic rings. The molecule has 2 amide bonds. The third-order valence-electron chi connectivity index (χ3n) is 8.59. The van der Waals surface area contributed by atoms with Crippen LogP contribution in [0.3, 0.4) is 0 Å². The van der Waals surface area contributed by atoms with Gasteiger partial charge in [0.1, 0.15) is 17.5 Å². The second-order valence-corrected chi connectivity index (χ2v) is 12.1. The van der Waals surface area contributed by atoms with Gasteiger partial charge in [-0.15, -0.1) is 0 Å². The van der Waals surface area contributed by atoms with Crippen molar-refractivity contribution in [3.05, 3.63) is 64.4 Å². The van der Waals surface area contributed by atoms with E-state index >= 15 is 4.39 Å². The summed E-state index contributed by atoms with van der Waals surface area (Å²) in [6, 6.07) is 12.5. The van der Waals surface area contributed by atoms with E-state index in [1.165, 1.54) is 0 Å². The number of imidazole rings is 1. The van der Waals surface area contributed by atoms with Crippen molar-refractivity contribution in [2.75, 3.05) is 19.8 Å². The molecule has 5 rings (SSSR count). The van der Waals surface area contributed by atoms with E-state index in [-0.39, 0.29) is 24.3 Å². The Balaban J connectivity index is 1.43. The van der Waals surface area contributed by atoms with Crippen LogP contribution in [0, 0.1) is 5.92 Å². The summed E-state index contributed by atoms with van der Waals surface area (Å²) in [6.07, 6.45) is 3.78. The van der Waals surface area contributed by atoms with E-state index in [1.54, 1.807) is 19.9 Å². The maximum atomic E-state index is 15.4. The van der Waals surface area contributed by atoms with Gasteiger partial charge in [-0.2, -0.15) is 0 Å². The first-order valence-electron chi connectivity index (χ1n) is 14.2. The largest absolute Gasteiger partial charge is 0.380 e. The molecule has 2 fully saturated rings. The molecule has 214 valence electrons. The molecule has 1 saturated heterocycles.